The van der Waals surface area contributed by atoms with Gasteiger partial charge >= 0.3 is 4.87 Å². The lowest BCUT2D eigenvalue weighted by atomic mass is 10.6. The molecule has 0 bridgehead atoms. The van der Waals surface area contributed by atoms with Crippen LogP contribution in [0, 0.1) is 19.3 Å². The third kappa shape index (κ3) is 1.28. The maximum atomic E-state index is 10.9. The highest BCUT2D eigenvalue weighted by molar-refractivity contribution is 7.09. The first-order chi connectivity index (χ1) is 4.74. The van der Waals surface area contributed by atoms with Crippen molar-refractivity contribution >= 4 is 11.3 Å². The Balaban J connectivity index is 3.06. The van der Waals surface area contributed by atoms with E-state index in [9.17, 15) is 4.79 Å². The van der Waals surface area contributed by atoms with E-state index in [0.717, 1.165) is 16.2 Å². The molecule has 0 aliphatic carbocycles. The molecule has 10 heavy (non-hydrogen) atoms. The second kappa shape index (κ2) is 2.72. The van der Waals surface area contributed by atoms with Gasteiger partial charge in [-0.2, -0.15) is 0 Å². The molecule has 0 aliphatic rings. The fourth-order valence-electron chi connectivity index (χ4n) is 0.632. The van der Waals surface area contributed by atoms with E-state index in [2.05, 4.69) is 12.8 Å². The van der Waals surface area contributed by atoms with Crippen LogP contribution in [0.1, 0.15) is 4.88 Å². The molecule has 0 aromatic carbocycles. The van der Waals surface area contributed by atoms with Crippen molar-refractivity contribution in [3.8, 4) is 12.3 Å². The summed E-state index contributed by atoms with van der Waals surface area (Å²) in [5.41, 5.74) is 0. The van der Waals surface area contributed by atoms with Gasteiger partial charge in [0.25, 0.3) is 0 Å². The molecular weight excluding hydrogens is 146 g/mol. The molecule has 2 nitrogen and oxygen atoms in total. The minimum atomic E-state index is -0.0389. The molecule has 0 fully saturated rings. The van der Waals surface area contributed by atoms with E-state index in [1.807, 2.05) is 0 Å². The van der Waals surface area contributed by atoms with Crippen molar-refractivity contribution in [2.24, 2.45) is 0 Å². The number of terminal acetylenes is 1. The maximum absolute atomic E-state index is 10.9. The van der Waals surface area contributed by atoms with Crippen molar-refractivity contribution in [3.63, 3.8) is 0 Å². The molecule has 1 aromatic rings. The molecule has 0 atom stereocenters. The molecule has 0 saturated carbocycles. The van der Waals surface area contributed by atoms with E-state index >= 15 is 0 Å². The minimum Gasteiger partial charge on any atom is -0.294 e. The fraction of sp³-hybridized carbons (Fsp3) is 0.143. The summed E-state index contributed by atoms with van der Waals surface area (Å²) in [4.78, 5) is 11.6. The second-order valence-corrected chi connectivity index (χ2v) is 2.87. The van der Waals surface area contributed by atoms with Gasteiger partial charge in [0.15, 0.2) is 0 Å². The number of hydrogen-bond donors (Lipinski definition) is 0. The Morgan fingerprint density at radius 2 is 2.60 bits per heavy atom. The molecule has 1 aromatic heterocycles. The third-order valence-electron chi connectivity index (χ3n) is 1.01. The SMILES string of the molecule is C#CCn1cc([CH2])sc1=O. The lowest BCUT2D eigenvalue weighted by molar-refractivity contribution is 0.824. The molecular formula is C7H6NOS. The van der Waals surface area contributed by atoms with E-state index in [1.54, 1.807) is 6.20 Å². The molecule has 3 heteroatoms. The van der Waals surface area contributed by atoms with Crippen molar-refractivity contribution in [3.05, 3.63) is 27.7 Å². The lowest BCUT2D eigenvalue weighted by Gasteiger charge is -1.87. The number of nitrogens with zero attached hydrogens (tertiary/aromatic N) is 1. The summed E-state index contributed by atoms with van der Waals surface area (Å²) in [5, 5.41) is 0. The van der Waals surface area contributed by atoms with Gasteiger partial charge in [0.2, 0.25) is 0 Å². The van der Waals surface area contributed by atoms with Crippen LogP contribution < -0.4 is 4.87 Å². The standard InChI is InChI=1S/C7H6NOS/c1-3-4-8-5-6(2)10-7(8)9/h1,5H,2,4H2. The molecule has 0 aliphatic heterocycles. The van der Waals surface area contributed by atoms with E-state index < -0.39 is 0 Å². The van der Waals surface area contributed by atoms with E-state index in [1.165, 1.54) is 4.57 Å². The van der Waals surface area contributed by atoms with Gasteiger partial charge in [-0.1, -0.05) is 17.3 Å². The minimum absolute atomic E-state index is 0.0389. The average Bonchev–Trinajstić information content (AvgIpc) is 2.13. The number of hydrogen-bond acceptors (Lipinski definition) is 2. The van der Waals surface area contributed by atoms with Crippen molar-refractivity contribution in [1.82, 2.24) is 4.57 Å². The number of aromatic nitrogens is 1. The van der Waals surface area contributed by atoms with Crippen molar-refractivity contribution in [2.45, 2.75) is 6.54 Å². The quantitative estimate of drug-likeness (QED) is 0.544. The van der Waals surface area contributed by atoms with Crippen LogP contribution >= 0.6 is 11.3 Å². The summed E-state index contributed by atoms with van der Waals surface area (Å²) in [5.74, 6) is 2.38. The first-order valence-electron chi connectivity index (χ1n) is 2.69. The van der Waals surface area contributed by atoms with Crippen LogP contribution in [0.4, 0.5) is 0 Å². The highest BCUT2D eigenvalue weighted by Crippen LogP contribution is 1.98. The van der Waals surface area contributed by atoms with Gasteiger partial charge in [0.05, 0.1) is 6.54 Å². The van der Waals surface area contributed by atoms with E-state index in [4.69, 9.17) is 6.42 Å². The van der Waals surface area contributed by atoms with Crippen LogP contribution in [0.3, 0.4) is 0 Å². The van der Waals surface area contributed by atoms with Crippen molar-refractivity contribution < 1.29 is 0 Å². The van der Waals surface area contributed by atoms with Crippen LogP contribution in [0.25, 0.3) is 0 Å². The zero-order valence-electron chi connectivity index (χ0n) is 5.33. The van der Waals surface area contributed by atoms with Crippen molar-refractivity contribution in [1.29, 1.82) is 0 Å². The first kappa shape index (κ1) is 7.10. The van der Waals surface area contributed by atoms with E-state index in [0.29, 0.717) is 6.54 Å². The molecule has 0 saturated heterocycles. The lowest BCUT2D eigenvalue weighted by Crippen LogP contribution is -2.10. The highest BCUT2D eigenvalue weighted by atomic mass is 32.1. The highest BCUT2D eigenvalue weighted by Gasteiger charge is 1.96. The van der Waals surface area contributed by atoms with Gasteiger partial charge in [-0.3, -0.25) is 9.36 Å². The summed E-state index contributed by atoms with van der Waals surface area (Å²) in [6.45, 7) is 3.95. The van der Waals surface area contributed by atoms with Crippen molar-refractivity contribution in [2.75, 3.05) is 0 Å². The Labute approximate surface area is 63.1 Å². The Bertz CT molecular complexity index is 315. The van der Waals surface area contributed by atoms with Crippen LogP contribution in [0.5, 0.6) is 0 Å². The monoisotopic (exact) mass is 152 g/mol. The van der Waals surface area contributed by atoms with Gasteiger partial charge in [-0.25, -0.2) is 0 Å². The molecule has 0 spiro atoms. The van der Waals surface area contributed by atoms with E-state index in [-0.39, 0.29) is 4.87 Å². The third-order valence-corrected chi connectivity index (χ3v) is 1.79. The summed E-state index contributed by atoms with van der Waals surface area (Å²) in [6.07, 6.45) is 6.67. The summed E-state index contributed by atoms with van der Waals surface area (Å²) < 4.78 is 1.47. The molecule has 0 N–H and O–H groups in total. The average molecular weight is 152 g/mol. The number of thiazole rings is 1. The van der Waals surface area contributed by atoms with Gasteiger partial charge in [0, 0.05) is 11.1 Å². The molecule has 51 valence electrons. The van der Waals surface area contributed by atoms with Crippen LogP contribution in [0.15, 0.2) is 11.0 Å². The van der Waals surface area contributed by atoms with Gasteiger partial charge < -0.3 is 0 Å². The molecule has 1 heterocycles. The summed E-state index contributed by atoms with van der Waals surface area (Å²) in [6, 6.07) is 0. The maximum Gasteiger partial charge on any atom is 0.308 e. The van der Waals surface area contributed by atoms with Gasteiger partial charge in [-0.05, 0) is 6.92 Å². The van der Waals surface area contributed by atoms with Crippen LogP contribution in [-0.2, 0) is 6.54 Å². The molecule has 0 amide bonds. The first-order valence-corrected chi connectivity index (χ1v) is 3.51. The summed E-state index contributed by atoms with van der Waals surface area (Å²) in [7, 11) is 0. The second-order valence-electron chi connectivity index (χ2n) is 1.80. The molecule has 1 rings (SSSR count). The zero-order valence-corrected chi connectivity index (χ0v) is 6.15. The number of rotatable bonds is 1. The fourth-order valence-corrected chi connectivity index (χ4v) is 1.27. The normalized spacial score (nSPS) is 9.20. The van der Waals surface area contributed by atoms with Gasteiger partial charge in [0.1, 0.15) is 0 Å². The molecule has 1 radical (unpaired) electrons. The summed E-state index contributed by atoms with van der Waals surface area (Å²) >= 11 is 1.11. The Morgan fingerprint density at radius 3 is 3.00 bits per heavy atom. The zero-order chi connectivity index (χ0) is 7.56. The Morgan fingerprint density at radius 1 is 1.90 bits per heavy atom. The predicted molar refractivity (Wildman–Crippen MR) is 41.9 cm³/mol. The van der Waals surface area contributed by atoms with Crippen LogP contribution in [0.2, 0.25) is 0 Å². The molecule has 0 unspecified atom stereocenters. The van der Waals surface area contributed by atoms with Gasteiger partial charge in [-0.15, -0.1) is 6.42 Å². The smallest absolute Gasteiger partial charge is 0.294 e. The Kier molecular flexibility index (Phi) is 1.93. The van der Waals surface area contributed by atoms with Crippen LogP contribution in [-0.4, -0.2) is 4.57 Å². The Hall–Kier alpha value is -1.01. The predicted octanol–water partition coefficient (Wildman–Crippen LogP) is 0.725. The topological polar surface area (TPSA) is 22.0 Å². The largest absolute Gasteiger partial charge is 0.308 e.